The summed E-state index contributed by atoms with van der Waals surface area (Å²) in [4.78, 5) is 24.4. The minimum absolute atomic E-state index is 0.159. The number of hydrogen-bond donors (Lipinski definition) is 0. The number of ether oxygens (including phenoxy) is 1. The Bertz CT molecular complexity index is 1350. The van der Waals surface area contributed by atoms with Crippen LogP contribution in [0.4, 0.5) is 5.82 Å². The van der Waals surface area contributed by atoms with E-state index >= 15 is 0 Å². The Balaban J connectivity index is 1.57. The SMILES string of the molecule is CCCCc1ccc(S(=O)(=O)N2CCN(c3nc4cc(C)c(C)cc4nc3C(=O)OCC)CC2)cc1. The van der Waals surface area contributed by atoms with Gasteiger partial charge in [-0.2, -0.15) is 4.31 Å². The lowest BCUT2D eigenvalue weighted by atomic mass is 10.1. The summed E-state index contributed by atoms with van der Waals surface area (Å²) in [6, 6.07) is 11.1. The molecule has 0 unspecified atom stereocenters. The minimum Gasteiger partial charge on any atom is -0.461 e. The van der Waals surface area contributed by atoms with Gasteiger partial charge in [0.25, 0.3) is 0 Å². The largest absolute Gasteiger partial charge is 0.461 e. The van der Waals surface area contributed by atoms with Gasteiger partial charge in [-0.1, -0.05) is 25.5 Å². The van der Waals surface area contributed by atoms with E-state index in [1.54, 1.807) is 19.1 Å². The van der Waals surface area contributed by atoms with Crippen LogP contribution < -0.4 is 4.90 Å². The van der Waals surface area contributed by atoms with Gasteiger partial charge in [0, 0.05) is 26.2 Å². The number of rotatable bonds is 8. The molecule has 192 valence electrons. The smallest absolute Gasteiger partial charge is 0.360 e. The van der Waals surface area contributed by atoms with Crippen LogP contribution in [0.25, 0.3) is 11.0 Å². The number of unbranched alkanes of at least 4 members (excludes halogenated alkanes) is 1. The number of aromatic nitrogens is 2. The molecule has 0 amide bonds. The fourth-order valence-electron chi connectivity index (χ4n) is 4.36. The number of carbonyl (C=O) groups is 1. The third kappa shape index (κ3) is 5.37. The van der Waals surface area contributed by atoms with Gasteiger partial charge in [-0.25, -0.2) is 23.2 Å². The molecule has 1 aliphatic rings. The molecular formula is C27H34N4O4S. The van der Waals surface area contributed by atoms with Gasteiger partial charge in [-0.15, -0.1) is 0 Å². The first-order valence-electron chi connectivity index (χ1n) is 12.5. The van der Waals surface area contributed by atoms with Crippen LogP contribution >= 0.6 is 0 Å². The van der Waals surface area contributed by atoms with Crippen molar-refractivity contribution >= 4 is 32.8 Å². The first-order valence-corrected chi connectivity index (χ1v) is 14.0. The molecule has 8 nitrogen and oxygen atoms in total. The van der Waals surface area contributed by atoms with E-state index in [1.807, 2.05) is 43.0 Å². The summed E-state index contributed by atoms with van der Waals surface area (Å²) >= 11 is 0. The average molecular weight is 511 g/mol. The molecule has 3 aromatic rings. The molecule has 2 aromatic carbocycles. The zero-order valence-corrected chi connectivity index (χ0v) is 22.3. The van der Waals surface area contributed by atoms with Crippen molar-refractivity contribution < 1.29 is 17.9 Å². The third-order valence-corrected chi connectivity index (χ3v) is 8.56. The molecule has 36 heavy (non-hydrogen) atoms. The molecule has 4 rings (SSSR count). The Kier molecular flexibility index (Phi) is 7.90. The maximum Gasteiger partial charge on any atom is 0.360 e. The number of sulfonamides is 1. The number of anilines is 1. The fraction of sp³-hybridized carbons (Fsp3) is 0.444. The Hall–Kier alpha value is -3.04. The summed E-state index contributed by atoms with van der Waals surface area (Å²) in [6.07, 6.45) is 3.13. The van der Waals surface area contributed by atoms with E-state index in [0.717, 1.165) is 36.0 Å². The van der Waals surface area contributed by atoms with Crippen LogP contribution in [0.3, 0.4) is 0 Å². The number of esters is 1. The molecule has 0 aliphatic carbocycles. The minimum atomic E-state index is -3.61. The third-order valence-electron chi connectivity index (χ3n) is 6.65. The highest BCUT2D eigenvalue weighted by molar-refractivity contribution is 7.89. The van der Waals surface area contributed by atoms with E-state index in [0.29, 0.717) is 34.8 Å². The molecule has 1 fully saturated rings. The van der Waals surface area contributed by atoms with Crippen molar-refractivity contribution in [2.45, 2.75) is 51.9 Å². The normalized spacial score (nSPS) is 14.8. The molecule has 0 radical (unpaired) electrons. The van der Waals surface area contributed by atoms with Gasteiger partial charge >= 0.3 is 5.97 Å². The molecule has 0 atom stereocenters. The number of piperazine rings is 1. The number of fused-ring (bicyclic) bond motifs is 1. The van der Waals surface area contributed by atoms with Crippen LogP contribution in [0.2, 0.25) is 0 Å². The average Bonchev–Trinajstić information content (AvgIpc) is 2.88. The molecule has 0 bridgehead atoms. The quantitative estimate of drug-likeness (QED) is 0.418. The van der Waals surface area contributed by atoms with Gasteiger partial charge in [0.05, 0.1) is 22.5 Å². The van der Waals surface area contributed by atoms with Gasteiger partial charge in [-0.3, -0.25) is 0 Å². The van der Waals surface area contributed by atoms with Crippen LogP contribution in [-0.2, 0) is 21.2 Å². The number of hydrogen-bond acceptors (Lipinski definition) is 7. The van der Waals surface area contributed by atoms with Crippen molar-refractivity contribution in [2.24, 2.45) is 0 Å². The first kappa shape index (κ1) is 26.0. The second-order valence-corrected chi connectivity index (χ2v) is 11.1. The highest BCUT2D eigenvalue weighted by atomic mass is 32.2. The van der Waals surface area contributed by atoms with Crippen LogP contribution in [0, 0.1) is 13.8 Å². The summed E-state index contributed by atoms with van der Waals surface area (Å²) < 4.78 is 33.3. The van der Waals surface area contributed by atoms with E-state index in [2.05, 4.69) is 11.9 Å². The number of nitrogens with zero attached hydrogens (tertiary/aromatic N) is 4. The Morgan fingerprint density at radius 1 is 0.944 bits per heavy atom. The topological polar surface area (TPSA) is 92.7 Å². The second kappa shape index (κ2) is 10.9. The van der Waals surface area contributed by atoms with Crippen molar-refractivity contribution in [3.8, 4) is 0 Å². The van der Waals surface area contributed by atoms with Gasteiger partial charge in [0.15, 0.2) is 11.5 Å². The lowest BCUT2D eigenvalue weighted by Crippen LogP contribution is -2.49. The molecule has 9 heteroatoms. The monoisotopic (exact) mass is 510 g/mol. The van der Waals surface area contributed by atoms with Gasteiger partial charge in [0.1, 0.15) is 0 Å². The van der Waals surface area contributed by atoms with E-state index in [9.17, 15) is 13.2 Å². The van der Waals surface area contributed by atoms with Crippen molar-refractivity contribution in [3.05, 3.63) is 58.8 Å². The molecule has 1 saturated heterocycles. The molecule has 0 N–H and O–H groups in total. The molecule has 2 heterocycles. The van der Waals surface area contributed by atoms with Crippen molar-refractivity contribution in [1.82, 2.24) is 14.3 Å². The molecule has 1 aliphatic heterocycles. The fourth-order valence-corrected chi connectivity index (χ4v) is 5.78. The van der Waals surface area contributed by atoms with E-state index < -0.39 is 16.0 Å². The maximum absolute atomic E-state index is 13.3. The predicted octanol–water partition coefficient (Wildman–Crippen LogP) is 4.28. The van der Waals surface area contributed by atoms with E-state index in [-0.39, 0.29) is 25.4 Å². The Labute approximate surface area is 213 Å². The molecule has 0 spiro atoms. The zero-order chi connectivity index (χ0) is 25.9. The van der Waals surface area contributed by atoms with Gasteiger partial charge in [-0.05, 0) is 74.6 Å². The summed E-state index contributed by atoms with van der Waals surface area (Å²) in [7, 11) is -3.61. The van der Waals surface area contributed by atoms with Crippen molar-refractivity contribution in [1.29, 1.82) is 0 Å². The lowest BCUT2D eigenvalue weighted by molar-refractivity contribution is 0.0520. The highest BCUT2D eigenvalue weighted by Crippen LogP contribution is 2.26. The number of aryl methyl sites for hydroxylation is 3. The second-order valence-electron chi connectivity index (χ2n) is 9.18. The van der Waals surface area contributed by atoms with E-state index in [4.69, 9.17) is 9.72 Å². The number of benzene rings is 2. The predicted molar refractivity (Wildman–Crippen MR) is 141 cm³/mol. The standard InChI is InChI=1S/C27H34N4O4S/c1-5-7-8-21-9-11-22(12-10-21)36(33,34)31-15-13-30(14-16-31)26-25(27(32)35-6-2)28-23-17-19(3)20(4)18-24(23)29-26/h9-12,17-18H,5-8,13-16H2,1-4H3. The van der Waals surface area contributed by atoms with Gasteiger partial charge < -0.3 is 9.64 Å². The number of carbonyl (C=O) groups excluding carboxylic acids is 1. The zero-order valence-electron chi connectivity index (χ0n) is 21.5. The maximum atomic E-state index is 13.3. The van der Waals surface area contributed by atoms with Crippen LogP contribution in [0.15, 0.2) is 41.3 Å². The van der Waals surface area contributed by atoms with Crippen molar-refractivity contribution in [2.75, 3.05) is 37.7 Å². The Morgan fingerprint density at radius 3 is 2.14 bits per heavy atom. The molecule has 0 saturated carbocycles. The van der Waals surface area contributed by atoms with Crippen LogP contribution in [-0.4, -0.2) is 61.4 Å². The van der Waals surface area contributed by atoms with Crippen LogP contribution in [0.1, 0.15) is 53.9 Å². The first-order chi connectivity index (χ1) is 17.2. The lowest BCUT2D eigenvalue weighted by Gasteiger charge is -2.35. The highest BCUT2D eigenvalue weighted by Gasteiger charge is 2.31. The summed E-state index contributed by atoms with van der Waals surface area (Å²) in [5.74, 6) is -0.0973. The molecule has 1 aromatic heterocycles. The van der Waals surface area contributed by atoms with Crippen molar-refractivity contribution in [3.63, 3.8) is 0 Å². The summed E-state index contributed by atoms with van der Waals surface area (Å²) in [5.41, 5.74) is 4.78. The van der Waals surface area contributed by atoms with Crippen LogP contribution in [0.5, 0.6) is 0 Å². The van der Waals surface area contributed by atoms with Gasteiger partial charge in [0.2, 0.25) is 10.0 Å². The van der Waals surface area contributed by atoms with E-state index in [1.165, 1.54) is 4.31 Å². The summed E-state index contributed by atoms with van der Waals surface area (Å²) in [6.45, 7) is 9.48. The molecular weight excluding hydrogens is 476 g/mol. The Morgan fingerprint density at radius 2 is 1.56 bits per heavy atom. The summed E-state index contributed by atoms with van der Waals surface area (Å²) in [5, 5.41) is 0.